The van der Waals surface area contributed by atoms with Crippen LogP contribution in [0.4, 0.5) is 0 Å². The Bertz CT molecular complexity index is 306. The van der Waals surface area contributed by atoms with Gasteiger partial charge in [0.2, 0.25) is 0 Å². The van der Waals surface area contributed by atoms with Gasteiger partial charge in [0, 0.05) is 5.25 Å². The van der Waals surface area contributed by atoms with Gasteiger partial charge in [-0.15, -0.1) is 0 Å². The molecule has 0 heterocycles. The molecule has 0 aliphatic carbocycles. The molecule has 0 fully saturated rings. The van der Waals surface area contributed by atoms with E-state index in [1.165, 1.54) is 12.8 Å². The number of unbranched alkanes of at least 4 members (excludes halogenated alkanes) is 3. The number of rotatable bonds is 12. The summed E-state index contributed by atoms with van der Waals surface area (Å²) in [5, 5.41) is 8.99. The van der Waals surface area contributed by atoms with Gasteiger partial charge in [0.05, 0.1) is 16.2 Å². The second kappa shape index (κ2) is 14.1. The zero-order valence-corrected chi connectivity index (χ0v) is 17.2. The van der Waals surface area contributed by atoms with Gasteiger partial charge in [-0.2, -0.15) is 0 Å². The van der Waals surface area contributed by atoms with Gasteiger partial charge < -0.3 is 9.66 Å². The fourth-order valence-corrected chi connectivity index (χ4v) is 3.27. The van der Waals surface area contributed by atoms with E-state index in [2.05, 4.69) is 6.92 Å². The largest absolute Gasteiger partial charge is 1.00 e. The molecule has 0 amide bonds. The van der Waals surface area contributed by atoms with Crippen molar-refractivity contribution in [1.29, 1.82) is 0 Å². The predicted molar refractivity (Wildman–Crippen MR) is 77.0 cm³/mol. The monoisotopic (exact) mass is 332 g/mol. The van der Waals surface area contributed by atoms with E-state index in [1.54, 1.807) is 0 Å². The second-order valence-corrected chi connectivity index (χ2v) is 6.99. The molecule has 0 aromatic carbocycles. The molecule has 0 saturated heterocycles. The molecule has 0 aliphatic heterocycles. The summed E-state index contributed by atoms with van der Waals surface area (Å²) in [7, 11) is -4.18. The van der Waals surface area contributed by atoms with Gasteiger partial charge in [0.1, 0.15) is 0 Å². The van der Waals surface area contributed by atoms with E-state index in [0.717, 1.165) is 19.3 Å². The van der Waals surface area contributed by atoms with Crippen LogP contribution in [0, 0.1) is 0 Å². The van der Waals surface area contributed by atoms with Crippen molar-refractivity contribution in [3.05, 3.63) is 0 Å². The molecule has 0 bridgehead atoms. The molecule has 0 spiro atoms. The third-order valence-electron chi connectivity index (χ3n) is 3.47. The summed E-state index contributed by atoms with van der Waals surface area (Å²) >= 11 is 0. The van der Waals surface area contributed by atoms with Crippen LogP contribution in [-0.2, 0) is 10.1 Å². The third kappa shape index (κ3) is 13.2. The molecular formula is C14H29KO4S. The Balaban J connectivity index is 0. The average Bonchev–Trinajstić information content (AvgIpc) is 2.32. The smallest absolute Gasteiger partial charge is 0.748 e. The fourth-order valence-electron chi connectivity index (χ4n) is 2.29. The Labute approximate surface area is 167 Å². The first-order valence-corrected chi connectivity index (χ1v) is 9.01. The number of hydrogen-bond donors (Lipinski definition) is 1. The molecule has 0 radical (unpaired) electrons. The van der Waals surface area contributed by atoms with E-state index >= 15 is 0 Å². The van der Waals surface area contributed by atoms with Crippen LogP contribution in [0.5, 0.6) is 0 Å². The Kier molecular flexibility index (Phi) is 16.8. The Morgan fingerprint density at radius 1 is 0.900 bits per heavy atom. The van der Waals surface area contributed by atoms with Gasteiger partial charge in [-0.3, -0.25) is 0 Å². The molecular weight excluding hydrogens is 303 g/mol. The van der Waals surface area contributed by atoms with Crippen molar-refractivity contribution in [2.45, 2.75) is 89.4 Å². The van der Waals surface area contributed by atoms with Crippen molar-refractivity contribution in [2.75, 3.05) is 0 Å². The van der Waals surface area contributed by atoms with Crippen LogP contribution in [0.1, 0.15) is 78.1 Å². The van der Waals surface area contributed by atoms with E-state index < -0.39 is 15.4 Å². The summed E-state index contributed by atoms with van der Waals surface area (Å²) in [5.41, 5.74) is 0. The summed E-state index contributed by atoms with van der Waals surface area (Å²) in [6.07, 6.45) is 7.68. The first kappa shape index (κ1) is 23.8. The van der Waals surface area contributed by atoms with Gasteiger partial charge in [-0.25, -0.2) is 8.42 Å². The minimum atomic E-state index is -4.18. The van der Waals surface area contributed by atoms with E-state index in [-0.39, 0.29) is 57.5 Å². The molecule has 20 heavy (non-hydrogen) atoms. The maximum atomic E-state index is 11.0. The number of aliphatic hydroxyl groups excluding tert-OH is 1. The van der Waals surface area contributed by atoms with Crippen LogP contribution >= 0.6 is 0 Å². The van der Waals surface area contributed by atoms with Gasteiger partial charge >= 0.3 is 51.4 Å². The van der Waals surface area contributed by atoms with E-state index in [1.807, 2.05) is 6.92 Å². The molecule has 4 nitrogen and oxygen atoms in total. The zero-order chi connectivity index (χ0) is 14.7. The summed E-state index contributed by atoms with van der Waals surface area (Å²) in [6.45, 7) is 4.02. The molecule has 0 saturated carbocycles. The molecule has 2 atom stereocenters. The van der Waals surface area contributed by atoms with Crippen LogP contribution < -0.4 is 51.4 Å². The standard InChI is InChI=1S/C14H30O4S.K/c1-3-5-6-7-10-13(15)11-8-12-14(9-4-2)19(16,17)18;/h13-15H,3-12H2,1-2H3,(H,16,17,18);/q;+1/p-1. The molecule has 6 heteroatoms. The molecule has 0 aromatic heterocycles. The minimum absolute atomic E-state index is 0. The normalized spacial score (nSPS) is 14.6. The maximum absolute atomic E-state index is 11.0. The van der Waals surface area contributed by atoms with Crippen LogP contribution in [-0.4, -0.2) is 29.4 Å². The Morgan fingerprint density at radius 3 is 2.00 bits per heavy atom. The quantitative estimate of drug-likeness (QED) is 0.315. The summed E-state index contributed by atoms with van der Waals surface area (Å²) in [4.78, 5) is 0. The van der Waals surface area contributed by atoms with E-state index in [4.69, 9.17) is 0 Å². The molecule has 0 rings (SSSR count). The van der Waals surface area contributed by atoms with E-state index in [9.17, 15) is 18.1 Å². The van der Waals surface area contributed by atoms with Crippen molar-refractivity contribution < 1.29 is 69.5 Å². The zero-order valence-electron chi connectivity index (χ0n) is 13.3. The number of hydrogen-bond acceptors (Lipinski definition) is 4. The first-order chi connectivity index (χ1) is 8.91. The molecule has 0 aliphatic rings. The van der Waals surface area contributed by atoms with Crippen LogP contribution in [0.15, 0.2) is 0 Å². The fraction of sp³-hybridized carbons (Fsp3) is 1.00. The van der Waals surface area contributed by atoms with E-state index in [0.29, 0.717) is 32.1 Å². The van der Waals surface area contributed by atoms with Crippen molar-refractivity contribution in [3.8, 4) is 0 Å². The van der Waals surface area contributed by atoms with Crippen molar-refractivity contribution >= 4 is 10.1 Å². The van der Waals surface area contributed by atoms with Crippen molar-refractivity contribution in [2.24, 2.45) is 0 Å². The molecule has 0 aromatic rings. The van der Waals surface area contributed by atoms with Crippen LogP contribution in [0.25, 0.3) is 0 Å². The topological polar surface area (TPSA) is 77.4 Å². The minimum Gasteiger partial charge on any atom is -0.748 e. The Morgan fingerprint density at radius 2 is 1.50 bits per heavy atom. The molecule has 116 valence electrons. The number of aliphatic hydroxyl groups is 1. The predicted octanol–water partition coefficient (Wildman–Crippen LogP) is 0.206. The van der Waals surface area contributed by atoms with Gasteiger partial charge in [0.15, 0.2) is 0 Å². The van der Waals surface area contributed by atoms with Crippen molar-refractivity contribution in [1.82, 2.24) is 0 Å². The van der Waals surface area contributed by atoms with Crippen LogP contribution in [0.3, 0.4) is 0 Å². The summed E-state index contributed by atoms with van der Waals surface area (Å²) in [5.74, 6) is 0. The third-order valence-corrected chi connectivity index (χ3v) is 4.76. The Hall–Kier alpha value is 1.51. The molecule has 1 N–H and O–H groups in total. The van der Waals surface area contributed by atoms with Crippen LogP contribution in [0.2, 0.25) is 0 Å². The summed E-state index contributed by atoms with van der Waals surface area (Å²) in [6, 6.07) is 0. The second-order valence-electron chi connectivity index (χ2n) is 5.34. The van der Waals surface area contributed by atoms with Gasteiger partial charge in [-0.05, 0) is 32.1 Å². The van der Waals surface area contributed by atoms with Gasteiger partial charge in [-0.1, -0.05) is 46.0 Å². The first-order valence-electron chi connectivity index (χ1n) is 7.54. The summed E-state index contributed by atoms with van der Waals surface area (Å²) < 4.78 is 33.1. The van der Waals surface area contributed by atoms with Gasteiger partial charge in [0.25, 0.3) is 0 Å². The SMILES string of the molecule is CCCCCCC(O)CCCC(CCC)S(=O)(=O)[O-].[K+]. The average molecular weight is 333 g/mol. The molecule has 2 unspecified atom stereocenters. The van der Waals surface area contributed by atoms with Crippen molar-refractivity contribution in [3.63, 3.8) is 0 Å². The maximum Gasteiger partial charge on any atom is 1.00 e.